The summed E-state index contributed by atoms with van der Waals surface area (Å²) < 4.78 is 5.31. The van der Waals surface area contributed by atoms with Gasteiger partial charge >= 0.3 is 0 Å². The Morgan fingerprint density at radius 3 is 2.72 bits per heavy atom. The van der Waals surface area contributed by atoms with E-state index < -0.39 is 0 Å². The summed E-state index contributed by atoms with van der Waals surface area (Å²) in [6, 6.07) is 9.61. The second kappa shape index (κ2) is 7.09. The molecular formula is C19H21N5O. The summed E-state index contributed by atoms with van der Waals surface area (Å²) in [6.07, 6.45) is 7.36. The van der Waals surface area contributed by atoms with E-state index in [1.54, 1.807) is 13.3 Å². The van der Waals surface area contributed by atoms with Gasteiger partial charge in [0.2, 0.25) is 0 Å². The van der Waals surface area contributed by atoms with Crippen molar-refractivity contribution in [2.24, 2.45) is 5.73 Å². The molecule has 0 aliphatic heterocycles. The number of pyridine rings is 1. The molecule has 0 saturated carbocycles. The van der Waals surface area contributed by atoms with E-state index in [0.717, 1.165) is 35.4 Å². The molecule has 2 aromatic rings. The first-order valence-electron chi connectivity index (χ1n) is 8.00. The summed E-state index contributed by atoms with van der Waals surface area (Å²) in [5.41, 5.74) is 15.6. The fourth-order valence-electron chi connectivity index (χ4n) is 2.85. The van der Waals surface area contributed by atoms with Gasteiger partial charge in [-0.3, -0.25) is 5.41 Å². The zero-order valence-electron chi connectivity index (χ0n) is 14.0. The molecule has 0 fully saturated rings. The van der Waals surface area contributed by atoms with Gasteiger partial charge in [0.15, 0.2) is 5.82 Å². The minimum atomic E-state index is -0.0829. The van der Waals surface area contributed by atoms with Crippen molar-refractivity contribution in [2.75, 3.05) is 18.2 Å². The maximum Gasteiger partial charge on any atom is 0.154 e. The van der Waals surface area contributed by atoms with Crippen LogP contribution in [0.4, 0.5) is 17.2 Å². The standard InChI is InChI=1S/C19H21N5O/c1-25-14-9-5-6-12(10-14)15-11-23-19(17(20)16(15)18(21)22)24-13-7-3-2-4-8-13/h2-4,7-11H,5-6,20H2,1H3,(H3,21,22)(H,23,24). The first-order chi connectivity index (χ1) is 12.1. The SMILES string of the molecule is COC1=CCCC(c2cnc(Nc3ccccc3)c(N)c2C(=N)N)=C1. The molecule has 128 valence electrons. The number of rotatable bonds is 5. The number of hydrogen-bond acceptors (Lipinski definition) is 5. The van der Waals surface area contributed by atoms with Crippen molar-refractivity contribution in [1.82, 2.24) is 4.98 Å². The Morgan fingerprint density at radius 2 is 2.04 bits per heavy atom. The number of hydrogen-bond donors (Lipinski definition) is 4. The Bertz CT molecular complexity index is 856. The number of nitrogens with one attached hydrogen (secondary N) is 2. The summed E-state index contributed by atoms with van der Waals surface area (Å²) >= 11 is 0. The maximum absolute atomic E-state index is 7.98. The Labute approximate surface area is 146 Å². The van der Waals surface area contributed by atoms with Gasteiger partial charge in [-0.25, -0.2) is 4.98 Å². The summed E-state index contributed by atoms with van der Waals surface area (Å²) in [7, 11) is 1.64. The van der Waals surface area contributed by atoms with Gasteiger partial charge in [0.25, 0.3) is 0 Å². The van der Waals surface area contributed by atoms with Crippen LogP contribution in [0.3, 0.4) is 0 Å². The third-order valence-corrected chi connectivity index (χ3v) is 4.08. The largest absolute Gasteiger partial charge is 0.497 e. The molecule has 0 bridgehead atoms. The molecule has 0 radical (unpaired) electrons. The number of para-hydroxylation sites is 1. The quantitative estimate of drug-likeness (QED) is 0.494. The summed E-state index contributed by atoms with van der Waals surface area (Å²) in [5.74, 6) is 1.19. The van der Waals surface area contributed by atoms with Gasteiger partial charge in [0, 0.05) is 17.4 Å². The van der Waals surface area contributed by atoms with Gasteiger partial charge in [-0.05, 0) is 42.7 Å². The molecule has 6 heteroatoms. The predicted octanol–water partition coefficient (Wildman–Crippen LogP) is 3.40. The normalized spacial score (nSPS) is 13.6. The van der Waals surface area contributed by atoms with Gasteiger partial charge in [-0.15, -0.1) is 0 Å². The van der Waals surface area contributed by atoms with Crippen LogP contribution in [0.15, 0.2) is 54.4 Å². The van der Waals surface area contributed by atoms with E-state index in [1.165, 1.54) is 0 Å². The van der Waals surface area contributed by atoms with Crippen LogP contribution in [0, 0.1) is 5.41 Å². The summed E-state index contributed by atoms with van der Waals surface area (Å²) in [4.78, 5) is 4.45. The van der Waals surface area contributed by atoms with Gasteiger partial charge in [0.05, 0.1) is 18.4 Å². The number of nitrogens with two attached hydrogens (primary N) is 2. The van der Waals surface area contributed by atoms with Crippen molar-refractivity contribution in [3.63, 3.8) is 0 Å². The Balaban J connectivity index is 2.04. The molecule has 0 amide bonds. The van der Waals surface area contributed by atoms with Crippen LogP contribution in [-0.2, 0) is 4.74 Å². The average Bonchev–Trinajstić information content (AvgIpc) is 2.63. The van der Waals surface area contributed by atoms with Crippen LogP contribution in [0.1, 0.15) is 24.0 Å². The van der Waals surface area contributed by atoms with Crippen molar-refractivity contribution >= 4 is 28.6 Å². The molecule has 0 spiro atoms. The van der Waals surface area contributed by atoms with Gasteiger partial charge in [0.1, 0.15) is 11.6 Å². The van der Waals surface area contributed by atoms with Crippen molar-refractivity contribution in [1.29, 1.82) is 5.41 Å². The van der Waals surface area contributed by atoms with E-state index in [1.807, 2.05) is 42.5 Å². The number of methoxy groups -OCH3 is 1. The van der Waals surface area contributed by atoms with Crippen LogP contribution in [-0.4, -0.2) is 17.9 Å². The van der Waals surface area contributed by atoms with Crippen molar-refractivity contribution in [3.8, 4) is 0 Å². The molecule has 1 heterocycles. The smallest absolute Gasteiger partial charge is 0.154 e. The zero-order chi connectivity index (χ0) is 17.8. The fraction of sp³-hybridized carbons (Fsp3) is 0.158. The second-order valence-electron chi connectivity index (χ2n) is 5.73. The lowest BCUT2D eigenvalue weighted by atomic mass is 9.93. The van der Waals surface area contributed by atoms with E-state index in [4.69, 9.17) is 21.6 Å². The first-order valence-corrected chi connectivity index (χ1v) is 8.00. The lowest BCUT2D eigenvalue weighted by Gasteiger charge is -2.19. The molecule has 6 N–H and O–H groups in total. The van der Waals surface area contributed by atoms with Crippen LogP contribution in [0.5, 0.6) is 0 Å². The van der Waals surface area contributed by atoms with E-state index in [9.17, 15) is 0 Å². The predicted molar refractivity (Wildman–Crippen MR) is 102 cm³/mol. The Morgan fingerprint density at radius 1 is 1.28 bits per heavy atom. The van der Waals surface area contributed by atoms with Crippen LogP contribution in [0.2, 0.25) is 0 Å². The average molecular weight is 335 g/mol. The number of amidine groups is 1. The van der Waals surface area contributed by atoms with Gasteiger partial charge in [-0.1, -0.05) is 18.2 Å². The third-order valence-electron chi connectivity index (χ3n) is 4.08. The minimum absolute atomic E-state index is 0.0829. The number of allylic oxidation sites excluding steroid dienone is 3. The minimum Gasteiger partial charge on any atom is -0.497 e. The second-order valence-corrected chi connectivity index (χ2v) is 5.73. The molecule has 1 aliphatic rings. The lowest BCUT2D eigenvalue weighted by Crippen LogP contribution is -2.18. The van der Waals surface area contributed by atoms with E-state index in [0.29, 0.717) is 17.1 Å². The molecule has 0 unspecified atom stereocenters. The highest BCUT2D eigenvalue weighted by atomic mass is 16.5. The highest BCUT2D eigenvalue weighted by Crippen LogP contribution is 2.34. The molecule has 3 rings (SSSR count). The number of benzene rings is 1. The summed E-state index contributed by atoms with van der Waals surface area (Å²) in [6.45, 7) is 0. The van der Waals surface area contributed by atoms with E-state index >= 15 is 0 Å². The lowest BCUT2D eigenvalue weighted by molar-refractivity contribution is 0.304. The van der Waals surface area contributed by atoms with E-state index in [2.05, 4.69) is 10.3 Å². The summed E-state index contributed by atoms with van der Waals surface area (Å²) in [5, 5.41) is 11.2. The van der Waals surface area contributed by atoms with Crippen molar-refractivity contribution < 1.29 is 4.74 Å². The molecule has 1 aliphatic carbocycles. The number of ether oxygens (including phenoxy) is 1. The van der Waals surface area contributed by atoms with Crippen molar-refractivity contribution in [2.45, 2.75) is 12.8 Å². The molecule has 0 atom stereocenters. The highest BCUT2D eigenvalue weighted by Gasteiger charge is 2.19. The van der Waals surface area contributed by atoms with Gasteiger partial charge < -0.3 is 21.5 Å². The highest BCUT2D eigenvalue weighted by molar-refractivity contribution is 6.06. The van der Waals surface area contributed by atoms with Gasteiger partial charge in [-0.2, -0.15) is 0 Å². The van der Waals surface area contributed by atoms with Crippen LogP contribution in [0.25, 0.3) is 5.57 Å². The Kier molecular flexibility index (Phi) is 4.70. The molecule has 1 aromatic heterocycles. The number of anilines is 3. The monoisotopic (exact) mass is 335 g/mol. The topological polar surface area (TPSA) is 110 Å². The maximum atomic E-state index is 7.98. The number of nitrogens with zero attached hydrogens (tertiary/aromatic N) is 1. The number of aromatic nitrogens is 1. The number of nitrogen functional groups attached to an aromatic ring is 2. The molecule has 25 heavy (non-hydrogen) atoms. The zero-order valence-corrected chi connectivity index (χ0v) is 14.0. The third kappa shape index (κ3) is 3.47. The van der Waals surface area contributed by atoms with Crippen LogP contribution >= 0.6 is 0 Å². The Hall–Kier alpha value is -3.28. The molecular weight excluding hydrogens is 314 g/mol. The fourth-order valence-corrected chi connectivity index (χ4v) is 2.85. The molecule has 1 aromatic carbocycles. The van der Waals surface area contributed by atoms with Crippen molar-refractivity contribution in [3.05, 3.63) is 65.6 Å². The molecule has 6 nitrogen and oxygen atoms in total. The first kappa shape index (κ1) is 16.6. The molecule has 0 saturated heterocycles. The van der Waals surface area contributed by atoms with Crippen LogP contribution < -0.4 is 16.8 Å². The van der Waals surface area contributed by atoms with E-state index in [-0.39, 0.29) is 5.84 Å².